The minimum absolute atomic E-state index is 0.146. The summed E-state index contributed by atoms with van der Waals surface area (Å²) in [6.45, 7) is 6.46. The molecule has 0 amide bonds. The molecule has 0 heterocycles. The number of hydrogen-bond acceptors (Lipinski definition) is 2. The second kappa shape index (κ2) is 6.08. The van der Waals surface area contributed by atoms with Gasteiger partial charge in [0.15, 0.2) is 6.29 Å². The van der Waals surface area contributed by atoms with Crippen LogP contribution >= 0.6 is 0 Å². The lowest BCUT2D eigenvalue weighted by Crippen LogP contribution is -2.32. The van der Waals surface area contributed by atoms with Gasteiger partial charge < -0.3 is 4.90 Å². The molecule has 0 aliphatic heterocycles. The minimum Gasteiger partial charge on any atom is -0.369 e. The van der Waals surface area contributed by atoms with Crippen molar-refractivity contribution in [1.29, 1.82) is 0 Å². The Balaban J connectivity index is 3.28. The van der Waals surface area contributed by atoms with E-state index in [1.54, 1.807) is 6.07 Å². The van der Waals surface area contributed by atoms with Crippen molar-refractivity contribution in [2.45, 2.75) is 39.4 Å². The molecule has 1 unspecified atom stereocenters. The number of hydrogen-bond donors (Lipinski definition) is 0. The highest BCUT2D eigenvalue weighted by Crippen LogP contribution is 2.34. The van der Waals surface area contributed by atoms with Crippen LogP contribution in [0.4, 0.5) is 18.9 Å². The van der Waals surface area contributed by atoms with Gasteiger partial charge in [0, 0.05) is 23.8 Å². The van der Waals surface area contributed by atoms with Gasteiger partial charge in [-0.2, -0.15) is 13.2 Å². The number of carbonyl (C=O) groups is 1. The van der Waals surface area contributed by atoms with Gasteiger partial charge in [-0.25, -0.2) is 0 Å². The summed E-state index contributed by atoms with van der Waals surface area (Å²) in [7, 11) is 0. The molecule has 0 fully saturated rings. The highest BCUT2D eigenvalue weighted by Gasteiger charge is 2.34. The van der Waals surface area contributed by atoms with E-state index in [0.29, 0.717) is 12.2 Å². The lowest BCUT2D eigenvalue weighted by atomic mass is 10.1. The van der Waals surface area contributed by atoms with Crippen LogP contribution in [0, 0.1) is 0 Å². The first kappa shape index (κ1) is 15.5. The molecule has 0 aromatic heterocycles. The van der Waals surface area contributed by atoms with Gasteiger partial charge in [0.25, 0.3) is 0 Å². The van der Waals surface area contributed by atoms with Crippen molar-refractivity contribution in [1.82, 2.24) is 0 Å². The van der Waals surface area contributed by atoms with Crippen molar-refractivity contribution in [2.75, 3.05) is 11.4 Å². The molecule has 0 bridgehead atoms. The molecule has 19 heavy (non-hydrogen) atoms. The predicted molar refractivity (Wildman–Crippen MR) is 69.6 cm³/mol. The molecule has 1 rings (SSSR count). The summed E-state index contributed by atoms with van der Waals surface area (Å²) in [4.78, 5) is 12.6. The van der Waals surface area contributed by atoms with Gasteiger partial charge >= 0.3 is 6.18 Å². The van der Waals surface area contributed by atoms with Crippen LogP contribution in [0.3, 0.4) is 0 Å². The average molecular weight is 273 g/mol. The van der Waals surface area contributed by atoms with Gasteiger partial charge in [-0.05, 0) is 38.5 Å². The fourth-order valence-corrected chi connectivity index (χ4v) is 2.04. The number of nitrogens with zero attached hydrogens (tertiary/aromatic N) is 1. The largest absolute Gasteiger partial charge is 0.417 e. The van der Waals surface area contributed by atoms with Crippen LogP contribution < -0.4 is 4.90 Å². The third-order valence-corrected chi connectivity index (χ3v) is 3.26. The molecule has 0 saturated carbocycles. The highest BCUT2D eigenvalue weighted by molar-refractivity contribution is 5.79. The Morgan fingerprint density at radius 2 is 1.95 bits per heavy atom. The van der Waals surface area contributed by atoms with Crippen molar-refractivity contribution in [3.05, 3.63) is 29.3 Å². The Hall–Kier alpha value is -1.52. The first-order valence-electron chi connectivity index (χ1n) is 6.28. The predicted octanol–water partition coefficient (Wildman–Crippen LogP) is 4.14. The Kier molecular flexibility index (Phi) is 4.97. The van der Waals surface area contributed by atoms with Gasteiger partial charge in [0.2, 0.25) is 0 Å². The van der Waals surface area contributed by atoms with Crippen LogP contribution in [-0.2, 0) is 6.18 Å². The van der Waals surface area contributed by atoms with Crippen molar-refractivity contribution < 1.29 is 18.0 Å². The maximum Gasteiger partial charge on any atom is 0.417 e. The fourth-order valence-electron chi connectivity index (χ4n) is 2.04. The van der Waals surface area contributed by atoms with Crippen molar-refractivity contribution in [3.8, 4) is 0 Å². The molecule has 1 aromatic rings. The maximum atomic E-state index is 12.9. The summed E-state index contributed by atoms with van der Waals surface area (Å²) in [6, 6.07) is 4.00. The summed E-state index contributed by atoms with van der Waals surface area (Å²) in [5.41, 5.74) is -0.701. The number of benzene rings is 1. The summed E-state index contributed by atoms with van der Waals surface area (Å²) >= 11 is 0. The molecule has 5 heteroatoms. The number of halogens is 3. The zero-order valence-electron chi connectivity index (χ0n) is 11.3. The summed E-state index contributed by atoms with van der Waals surface area (Å²) in [6.07, 6.45) is -3.43. The third-order valence-electron chi connectivity index (χ3n) is 3.26. The Bertz CT molecular complexity index is 443. The van der Waals surface area contributed by atoms with Crippen LogP contribution in [-0.4, -0.2) is 18.9 Å². The molecule has 0 aliphatic carbocycles. The van der Waals surface area contributed by atoms with E-state index in [1.165, 1.54) is 6.07 Å². The van der Waals surface area contributed by atoms with E-state index in [1.807, 2.05) is 25.7 Å². The monoisotopic (exact) mass is 273 g/mol. The van der Waals surface area contributed by atoms with E-state index in [0.717, 1.165) is 12.5 Å². The summed E-state index contributed by atoms with van der Waals surface area (Å²) in [5.74, 6) is 0. The molecule has 0 saturated heterocycles. The van der Waals surface area contributed by atoms with Crippen molar-refractivity contribution in [3.63, 3.8) is 0 Å². The van der Waals surface area contributed by atoms with E-state index < -0.39 is 11.7 Å². The van der Waals surface area contributed by atoms with Gasteiger partial charge in [0.1, 0.15) is 0 Å². The summed E-state index contributed by atoms with van der Waals surface area (Å²) in [5, 5.41) is 0. The van der Waals surface area contributed by atoms with Gasteiger partial charge in [-0.15, -0.1) is 0 Å². The number of anilines is 1. The van der Waals surface area contributed by atoms with Crippen LogP contribution in [0.15, 0.2) is 18.2 Å². The normalized spacial score (nSPS) is 13.2. The molecular weight excluding hydrogens is 255 g/mol. The Morgan fingerprint density at radius 1 is 1.32 bits per heavy atom. The molecule has 1 aromatic carbocycles. The fraction of sp³-hybridized carbons (Fsp3) is 0.500. The van der Waals surface area contributed by atoms with E-state index in [2.05, 4.69) is 0 Å². The molecule has 106 valence electrons. The Labute approximate surface area is 111 Å². The molecule has 1 atom stereocenters. The smallest absolute Gasteiger partial charge is 0.369 e. The second-order valence-electron chi connectivity index (χ2n) is 4.43. The van der Waals surface area contributed by atoms with Crippen LogP contribution in [0.5, 0.6) is 0 Å². The van der Waals surface area contributed by atoms with Gasteiger partial charge in [-0.3, -0.25) is 4.79 Å². The molecule has 0 spiro atoms. The lowest BCUT2D eigenvalue weighted by molar-refractivity contribution is -0.137. The van der Waals surface area contributed by atoms with E-state index in [9.17, 15) is 18.0 Å². The quantitative estimate of drug-likeness (QED) is 0.751. The molecule has 0 radical (unpaired) electrons. The zero-order chi connectivity index (χ0) is 14.6. The van der Waals surface area contributed by atoms with Gasteiger partial charge in [-0.1, -0.05) is 6.92 Å². The number of alkyl halides is 3. The SMILES string of the molecule is CCC(C)N(CC)c1ccc(C=O)c(C(F)(F)F)c1. The number of aldehydes is 1. The molecule has 0 aliphatic rings. The first-order valence-corrected chi connectivity index (χ1v) is 6.28. The maximum absolute atomic E-state index is 12.9. The first-order chi connectivity index (χ1) is 8.85. The lowest BCUT2D eigenvalue weighted by Gasteiger charge is -2.30. The number of carbonyl (C=O) groups excluding carboxylic acids is 1. The molecular formula is C14H18F3NO. The van der Waals surface area contributed by atoms with Crippen molar-refractivity contribution in [2.24, 2.45) is 0 Å². The third kappa shape index (κ3) is 3.49. The van der Waals surface area contributed by atoms with Gasteiger partial charge in [0.05, 0.1) is 5.56 Å². The average Bonchev–Trinajstić information content (AvgIpc) is 2.38. The number of rotatable bonds is 5. The van der Waals surface area contributed by atoms with Crippen molar-refractivity contribution >= 4 is 12.0 Å². The molecule has 2 nitrogen and oxygen atoms in total. The van der Waals surface area contributed by atoms with Crippen LogP contribution in [0.25, 0.3) is 0 Å². The zero-order valence-corrected chi connectivity index (χ0v) is 11.3. The van der Waals surface area contributed by atoms with Crippen LogP contribution in [0.1, 0.15) is 43.1 Å². The van der Waals surface area contributed by atoms with E-state index >= 15 is 0 Å². The summed E-state index contributed by atoms with van der Waals surface area (Å²) < 4.78 is 38.7. The van der Waals surface area contributed by atoms with E-state index in [4.69, 9.17) is 0 Å². The minimum atomic E-state index is -4.51. The second-order valence-corrected chi connectivity index (χ2v) is 4.43. The standard InChI is InChI=1S/C14H18F3NO/c1-4-10(3)18(5-2)12-7-6-11(9-19)13(8-12)14(15,16)17/h6-10H,4-5H2,1-3H3. The Morgan fingerprint density at radius 3 is 2.37 bits per heavy atom. The van der Waals surface area contributed by atoms with Crippen LogP contribution in [0.2, 0.25) is 0 Å². The molecule has 0 N–H and O–H groups in total. The van der Waals surface area contributed by atoms with E-state index in [-0.39, 0.29) is 17.9 Å². The topological polar surface area (TPSA) is 20.3 Å². The highest BCUT2D eigenvalue weighted by atomic mass is 19.4.